The molecule has 0 aliphatic carbocycles. The van der Waals surface area contributed by atoms with Gasteiger partial charge in [-0.2, -0.15) is 0 Å². The molecule has 0 spiro atoms. The molecule has 0 radical (unpaired) electrons. The number of halogens is 2. The molecular formula is C19H24BrClN2. The van der Waals surface area contributed by atoms with E-state index in [1.165, 1.54) is 24.1 Å². The lowest BCUT2D eigenvalue weighted by molar-refractivity contribution is 0.373. The van der Waals surface area contributed by atoms with E-state index in [0.29, 0.717) is 0 Å². The summed E-state index contributed by atoms with van der Waals surface area (Å²) >= 11 is 3.53. The summed E-state index contributed by atoms with van der Waals surface area (Å²) < 4.78 is 1.14. The Hall–Kier alpha value is -1.03. The number of rotatable bonds is 5. The summed E-state index contributed by atoms with van der Waals surface area (Å²) in [6.45, 7) is 4.43. The highest BCUT2D eigenvalue weighted by Crippen LogP contribution is 2.24. The molecule has 0 bridgehead atoms. The number of nitrogens with one attached hydrogen (secondary N) is 1. The smallest absolute Gasteiger partial charge is 0.0429 e. The molecule has 124 valence electrons. The zero-order chi connectivity index (χ0) is 15.2. The number of hydrogen-bond donors (Lipinski definition) is 1. The van der Waals surface area contributed by atoms with Crippen molar-refractivity contribution in [3.05, 3.63) is 64.6 Å². The van der Waals surface area contributed by atoms with E-state index in [1.807, 2.05) is 0 Å². The van der Waals surface area contributed by atoms with Crippen LogP contribution in [0.15, 0.2) is 59.1 Å². The number of anilines is 1. The Morgan fingerprint density at radius 2 is 1.61 bits per heavy atom. The molecule has 1 aliphatic heterocycles. The lowest BCUT2D eigenvalue weighted by Crippen LogP contribution is -2.36. The predicted octanol–water partition coefficient (Wildman–Crippen LogP) is 4.88. The summed E-state index contributed by atoms with van der Waals surface area (Å²) in [5.74, 6) is 0.786. The fourth-order valence-corrected chi connectivity index (χ4v) is 3.36. The molecule has 0 unspecified atom stereocenters. The van der Waals surface area contributed by atoms with E-state index < -0.39 is 0 Å². The van der Waals surface area contributed by atoms with Crippen molar-refractivity contribution in [2.45, 2.75) is 19.4 Å². The van der Waals surface area contributed by atoms with Gasteiger partial charge in [-0.15, -0.1) is 12.4 Å². The summed E-state index contributed by atoms with van der Waals surface area (Å²) in [5.41, 5.74) is 2.69. The Kier molecular flexibility index (Phi) is 7.41. The van der Waals surface area contributed by atoms with E-state index in [4.69, 9.17) is 0 Å². The topological polar surface area (TPSA) is 15.3 Å². The second kappa shape index (κ2) is 9.31. The van der Waals surface area contributed by atoms with Crippen LogP contribution in [0.2, 0.25) is 0 Å². The molecule has 1 fully saturated rings. The first-order chi connectivity index (χ1) is 10.8. The first kappa shape index (κ1) is 18.3. The molecule has 1 N–H and O–H groups in total. The van der Waals surface area contributed by atoms with Crippen molar-refractivity contribution in [3.8, 4) is 0 Å². The summed E-state index contributed by atoms with van der Waals surface area (Å²) in [4.78, 5) is 2.53. The second-order valence-corrected chi connectivity index (χ2v) is 6.95. The largest absolute Gasteiger partial charge is 0.367 e. The molecule has 1 aliphatic rings. The van der Waals surface area contributed by atoms with Crippen LogP contribution in [0.3, 0.4) is 0 Å². The van der Waals surface area contributed by atoms with Crippen molar-refractivity contribution in [3.63, 3.8) is 0 Å². The Bertz CT molecular complexity index is 568. The van der Waals surface area contributed by atoms with Gasteiger partial charge in [0.1, 0.15) is 0 Å². The molecule has 1 saturated heterocycles. The van der Waals surface area contributed by atoms with Crippen LogP contribution >= 0.6 is 28.3 Å². The van der Waals surface area contributed by atoms with Crippen LogP contribution in [0.25, 0.3) is 0 Å². The highest BCUT2D eigenvalue weighted by molar-refractivity contribution is 9.10. The van der Waals surface area contributed by atoms with Crippen LogP contribution in [0, 0.1) is 5.92 Å². The molecule has 2 aromatic rings. The number of piperidine rings is 1. The van der Waals surface area contributed by atoms with Gasteiger partial charge in [-0.25, -0.2) is 0 Å². The van der Waals surface area contributed by atoms with Crippen molar-refractivity contribution in [1.82, 2.24) is 5.32 Å². The second-order valence-electron chi connectivity index (χ2n) is 6.04. The molecule has 2 nitrogen and oxygen atoms in total. The summed E-state index contributed by atoms with van der Waals surface area (Å²) in [5, 5.41) is 3.46. The summed E-state index contributed by atoms with van der Waals surface area (Å²) in [7, 11) is 0. The van der Waals surface area contributed by atoms with E-state index in [0.717, 1.165) is 36.6 Å². The standard InChI is InChI=1S/C19H23BrN2.ClH/c20-18-6-8-19(9-7-18)22(14-16-4-2-1-3-5-16)15-17-10-12-21-13-11-17;/h1-9,17,21H,10-15H2;1H. The zero-order valence-corrected chi connectivity index (χ0v) is 15.7. The maximum absolute atomic E-state index is 3.53. The quantitative estimate of drug-likeness (QED) is 0.776. The van der Waals surface area contributed by atoms with Gasteiger partial charge in [-0.1, -0.05) is 46.3 Å². The van der Waals surface area contributed by atoms with Crippen LogP contribution in [-0.2, 0) is 6.54 Å². The van der Waals surface area contributed by atoms with Crippen LogP contribution in [0.1, 0.15) is 18.4 Å². The maximum atomic E-state index is 3.53. The van der Waals surface area contributed by atoms with Crippen LogP contribution in [0.5, 0.6) is 0 Å². The Labute approximate surface area is 153 Å². The lowest BCUT2D eigenvalue weighted by Gasteiger charge is -2.32. The summed E-state index contributed by atoms with van der Waals surface area (Å²) in [6, 6.07) is 19.5. The highest BCUT2D eigenvalue weighted by atomic mass is 79.9. The van der Waals surface area contributed by atoms with Crippen LogP contribution < -0.4 is 10.2 Å². The van der Waals surface area contributed by atoms with Gasteiger partial charge in [0.25, 0.3) is 0 Å². The number of benzene rings is 2. The first-order valence-corrected chi connectivity index (χ1v) is 8.86. The van der Waals surface area contributed by atoms with E-state index >= 15 is 0 Å². The van der Waals surface area contributed by atoms with Gasteiger partial charge < -0.3 is 10.2 Å². The molecule has 0 amide bonds. The third-order valence-corrected chi connectivity index (χ3v) is 4.87. The molecule has 0 saturated carbocycles. The normalized spacial score (nSPS) is 15.0. The fraction of sp³-hybridized carbons (Fsp3) is 0.368. The highest BCUT2D eigenvalue weighted by Gasteiger charge is 2.17. The minimum absolute atomic E-state index is 0. The monoisotopic (exact) mass is 394 g/mol. The van der Waals surface area contributed by atoms with Gasteiger partial charge in [0.2, 0.25) is 0 Å². The Morgan fingerprint density at radius 3 is 2.26 bits per heavy atom. The van der Waals surface area contributed by atoms with Gasteiger partial charge in [-0.05, 0) is 61.7 Å². The van der Waals surface area contributed by atoms with Gasteiger partial charge >= 0.3 is 0 Å². The SMILES string of the molecule is Brc1ccc(N(Cc2ccccc2)CC2CCNCC2)cc1.Cl. The molecular weight excluding hydrogens is 372 g/mol. The molecule has 1 heterocycles. The van der Waals surface area contributed by atoms with E-state index in [9.17, 15) is 0 Å². The van der Waals surface area contributed by atoms with Crippen molar-refractivity contribution in [1.29, 1.82) is 0 Å². The average Bonchev–Trinajstić information content (AvgIpc) is 2.57. The Morgan fingerprint density at radius 1 is 0.957 bits per heavy atom. The fourth-order valence-electron chi connectivity index (χ4n) is 3.09. The van der Waals surface area contributed by atoms with Gasteiger partial charge in [0.15, 0.2) is 0 Å². The van der Waals surface area contributed by atoms with Crippen molar-refractivity contribution in [2.24, 2.45) is 5.92 Å². The first-order valence-electron chi connectivity index (χ1n) is 8.06. The Balaban J connectivity index is 0.00000192. The molecule has 2 aromatic carbocycles. The zero-order valence-electron chi connectivity index (χ0n) is 13.2. The molecule has 0 atom stereocenters. The number of hydrogen-bond acceptors (Lipinski definition) is 2. The van der Waals surface area contributed by atoms with Gasteiger partial charge in [0.05, 0.1) is 0 Å². The van der Waals surface area contributed by atoms with Crippen molar-refractivity contribution < 1.29 is 0 Å². The van der Waals surface area contributed by atoms with Crippen molar-refractivity contribution in [2.75, 3.05) is 24.5 Å². The maximum Gasteiger partial charge on any atom is 0.0429 e. The third-order valence-electron chi connectivity index (χ3n) is 4.35. The van der Waals surface area contributed by atoms with Gasteiger partial charge in [0, 0.05) is 23.2 Å². The summed E-state index contributed by atoms with van der Waals surface area (Å²) in [6.07, 6.45) is 2.56. The number of nitrogens with zero attached hydrogens (tertiary/aromatic N) is 1. The molecule has 0 aromatic heterocycles. The molecule has 23 heavy (non-hydrogen) atoms. The van der Waals surface area contributed by atoms with Gasteiger partial charge in [-0.3, -0.25) is 0 Å². The third kappa shape index (κ3) is 5.52. The van der Waals surface area contributed by atoms with E-state index in [1.54, 1.807) is 0 Å². The molecule has 4 heteroatoms. The van der Waals surface area contributed by atoms with E-state index in [2.05, 4.69) is 80.7 Å². The average molecular weight is 396 g/mol. The van der Waals surface area contributed by atoms with Crippen molar-refractivity contribution >= 4 is 34.0 Å². The molecule has 3 rings (SSSR count). The minimum Gasteiger partial charge on any atom is -0.367 e. The van der Waals surface area contributed by atoms with E-state index in [-0.39, 0.29) is 12.4 Å². The predicted molar refractivity (Wildman–Crippen MR) is 104 cm³/mol. The van der Waals surface area contributed by atoms with Crippen LogP contribution in [-0.4, -0.2) is 19.6 Å². The lowest BCUT2D eigenvalue weighted by atomic mass is 9.97. The minimum atomic E-state index is 0. The van der Waals surface area contributed by atoms with Crippen LogP contribution in [0.4, 0.5) is 5.69 Å².